The van der Waals surface area contributed by atoms with Gasteiger partial charge in [-0.05, 0) is 6.07 Å². The summed E-state index contributed by atoms with van der Waals surface area (Å²) in [4.78, 5) is 3.30. The van der Waals surface area contributed by atoms with E-state index in [0.29, 0.717) is 0 Å². The molecule has 4 nitrogen and oxygen atoms in total. The van der Waals surface area contributed by atoms with E-state index in [-0.39, 0.29) is 17.7 Å². The van der Waals surface area contributed by atoms with Crippen molar-refractivity contribution in [2.24, 2.45) is 5.73 Å². The molecule has 0 bridgehead atoms. The topological polar surface area (TPSA) is 71.9 Å². The second kappa shape index (κ2) is 5.79. The monoisotopic (exact) mass is 281 g/mol. The molecule has 0 saturated carbocycles. The highest BCUT2D eigenvalue weighted by Gasteiger charge is 2.35. The first-order chi connectivity index (χ1) is 8.78. The van der Waals surface area contributed by atoms with Crippen LogP contribution in [0.5, 0.6) is 5.75 Å². The molecule has 0 aliphatic rings. The number of aromatic nitrogens is 1. The average Bonchev–Trinajstić information content (AvgIpc) is 2.28. The molecule has 0 unspecified atom stereocenters. The minimum atomic E-state index is -5.13. The summed E-state index contributed by atoms with van der Waals surface area (Å²) in [5.41, 5.74) is 3.65. The Hall–Kier alpha value is -1.95. The molecule has 9 heteroatoms. The van der Waals surface area contributed by atoms with Gasteiger partial charge in [0.2, 0.25) is 0 Å². The van der Waals surface area contributed by atoms with E-state index in [0.717, 1.165) is 6.07 Å². The molecule has 0 amide bonds. The molecule has 104 valence electrons. The minimum Gasteiger partial charge on any atom is -0.403 e. The fourth-order valence-electron chi connectivity index (χ4n) is 1.37. The van der Waals surface area contributed by atoms with Crippen LogP contribution in [0.3, 0.4) is 0 Å². The molecule has 0 aliphatic heterocycles. The van der Waals surface area contributed by atoms with E-state index in [9.17, 15) is 22.0 Å². The molecule has 0 spiro atoms. The first-order valence-electron chi connectivity index (χ1n) is 4.92. The smallest absolute Gasteiger partial charge is 0.403 e. The molecule has 2 N–H and O–H groups in total. The summed E-state index contributed by atoms with van der Waals surface area (Å²) >= 11 is 0. The van der Waals surface area contributed by atoms with Crippen molar-refractivity contribution in [3.8, 4) is 11.8 Å². The van der Waals surface area contributed by atoms with Gasteiger partial charge in [0.25, 0.3) is 6.43 Å². The summed E-state index contributed by atoms with van der Waals surface area (Å²) in [5, 5.41) is 8.45. The van der Waals surface area contributed by atoms with Crippen molar-refractivity contribution in [3.63, 3.8) is 0 Å². The van der Waals surface area contributed by atoms with Crippen molar-refractivity contribution < 1.29 is 26.7 Å². The van der Waals surface area contributed by atoms with E-state index in [1.54, 1.807) is 6.07 Å². The summed E-state index contributed by atoms with van der Waals surface area (Å²) < 4.78 is 65.4. The SMILES string of the molecule is N#CCc1cc(CN)c(OC(F)(F)F)c(C(F)F)n1. The average molecular weight is 281 g/mol. The Labute approximate surface area is 104 Å². The molecule has 0 aromatic carbocycles. The van der Waals surface area contributed by atoms with Gasteiger partial charge in [-0.25, -0.2) is 13.8 Å². The third-order valence-electron chi connectivity index (χ3n) is 2.03. The van der Waals surface area contributed by atoms with Gasteiger partial charge in [0.05, 0.1) is 18.2 Å². The highest BCUT2D eigenvalue weighted by molar-refractivity contribution is 5.40. The molecule has 19 heavy (non-hydrogen) atoms. The summed E-state index contributed by atoms with van der Waals surface area (Å²) in [7, 11) is 0. The zero-order valence-corrected chi connectivity index (χ0v) is 9.34. The largest absolute Gasteiger partial charge is 0.573 e. The maximum absolute atomic E-state index is 12.7. The summed E-state index contributed by atoms with van der Waals surface area (Å²) in [6.45, 7) is -0.452. The quantitative estimate of drug-likeness (QED) is 0.860. The fourth-order valence-corrected chi connectivity index (χ4v) is 1.37. The number of nitriles is 1. The van der Waals surface area contributed by atoms with Crippen LogP contribution in [0.15, 0.2) is 6.07 Å². The zero-order chi connectivity index (χ0) is 14.6. The number of hydrogen-bond acceptors (Lipinski definition) is 4. The van der Waals surface area contributed by atoms with Crippen LogP contribution in [0.4, 0.5) is 22.0 Å². The van der Waals surface area contributed by atoms with Crippen LogP contribution in [0, 0.1) is 11.3 Å². The van der Waals surface area contributed by atoms with Crippen LogP contribution in [0.1, 0.15) is 23.4 Å². The number of halogens is 5. The Balaban J connectivity index is 3.37. The van der Waals surface area contributed by atoms with E-state index in [2.05, 4.69) is 9.72 Å². The van der Waals surface area contributed by atoms with Gasteiger partial charge in [0, 0.05) is 12.1 Å². The number of rotatable bonds is 4. The normalized spacial score (nSPS) is 11.5. The third kappa shape index (κ3) is 4.03. The Bertz CT molecular complexity index is 495. The van der Waals surface area contributed by atoms with Crippen LogP contribution < -0.4 is 10.5 Å². The van der Waals surface area contributed by atoms with Crippen molar-refractivity contribution in [3.05, 3.63) is 23.0 Å². The predicted octanol–water partition coefficient (Wildman–Crippen LogP) is 2.44. The van der Waals surface area contributed by atoms with Gasteiger partial charge in [0.15, 0.2) is 5.75 Å². The lowest BCUT2D eigenvalue weighted by Gasteiger charge is -2.16. The minimum absolute atomic E-state index is 0.0900. The van der Waals surface area contributed by atoms with E-state index in [4.69, 9.17) is 11.0 Å². The Morgan fingerprint density at radius 1 is 1.42 bits per heavy atom. The molecular formula is C10H8F5N3O. The van der Waals surface area contributed by atoms with Crippen LogP contribution in [0.25, 0.3) is 0 Å². The first-order valence-corrected chi connectivity index (χ1v) is 4.92. The summed E-state index contributed by atoms with van der Waals surface area (Å²) in [6, 6.07) is 2.70. The first kappa shape index (κ1) is 15.1. The molecular weight excluding hydrogens is 273 g/mol. The van der Waals surface area contributed by atoms with Crippen LogP contribution in [0.2, 0.25) is 0 Å². The second-order valence-electron chi connectivity index (χ2n) is 3.37. The standard InChI is InChI=1S/C10H8F5N3O/c11-9(12)7-8(19-10(13,14)15)5(4-17)3-6(18-7)1-2-16/h3,9H,1,4,17H2. The van der Waals surface area contributed by atoms with Crippen LogP contribution in [-0.4, -0.2) is 11.3 Å². The van der Waals surface area contributed by atoms with Crippen molar-refractivity contribution in [1.29, 1.82) is 5.26 Å². The number of pyridine rings is 1. The lowest BCUT2D eigenvalue weighted by Crippen LogP contribution is -2.21. The van der Waals surface area contributed by atoms with E-state index in [1.165, 1.54) is 0 Å². The number of hydrogen-bond donors (Lipinski definition) is 1. The molecule has 1 rings (SSSR count). The molecule has 0 saturated heterocycles. The third-order valence-corrected chi connectivity index (χ3v) is 2.03. The molecule has 0 aliphatic carbocycles. The van der Waals surface area contributed by atoms with Gasteiger partial charge in [-0.3, -0.25) is 0 Å². The van der Waals surface area contributed by atoms with Crippen molar-refractivity contribution in [2.75, 3.05) is 0 Å². The number of nitrogens with two attached hydrogens (primary N) is 1. The van der Waals surface area contributed by atoms with E-state index < -0.39 is 30.8 Å². The Morgan fingerprint density at radius 3 is 2.47 bits per heavy atom. The molecule has 1 aromatic rings. The van der Waals surface area contributed by atoms with Gasteiger partial charge in [-0.15, -0.1) is 13.2 Å². The molecule has 0 atom stereocenters. The van der Waals surface area contributed by atoms with Crippen LogP contribution in [-0.2, 0) is 13.0 Å². The van der Waals surface area contributed by atoms with E-state index >= 15 is 0 Å². The lowest BCUT2D eigenvalue weighted by molar-refractivity contribution is -0.275. The van der Waals surface area contributed by atoms with Gasteiger partial charge < -0.3 is 10.5 Å². The molecule has 0 radical (unpaired) electrons. The van der Waals surface area contributed by atoms with Crippen molar-refractivity contribution in [2.45, 2.75) is 25.8 Å². The number of ether oxygens (including phenoxy) is 1. The maximum Gasteiger partial charge on any atom is 0.573 e. The summed E-state index contributed by atoms with van der Waals surface area (Å²) in [6.07, 6.45) is -8.73. The maximum atomic E-state index is 12.7. The molecule has 0 fully saturated rings. The molecule has 1 aromatic heterocycles. The highest BCUT2D eigenvalue weighted by Crippen LogP contribution is 2.35. The van der Waals surface area contributed by atoms with Gasteiger partial charge >= 0.3 is 6.36 Å². The highest BCUT2D eigenvalue weighted by atomic mass is 19.4. The second-order valence-corrected chi connectivity index (χ2v) is 3.37. The van der Waals surface area contributed by atoms with Crippen molar-refractivity contribution in [1.82, 2.24) is 4.98 Å². The zero-order valence-electron chi connectivity index (χ0n) is 9.34. The Kier molecular flexibility index (Phi) is 4.61. The predicted molar refractivity (Wildman–Crippen MR) is 53.1 cm³/mol. The van der Waals surface area contributed by atoms with Gasteiger partial charge in [-0.1, -0.05) is 0 Å². The van der Waals surface area contributed by atoms with Crippen molar-refractivity contribution >= 4 is 0 Å². The van der Waals surface area contributed by atoms with Gasteiger partial charge in [0.1, 0.15) is 5.69 Å². The molecule has 1 heterocycles. The lowest BCUT2D eigenvalue weighted by atomic mass is 10.1. The fraction of sp³-hybridized carbons (Fsp3) is 0.400. The number of nitrogens with zero attached hydrogens (tertiary/aromatic N) is 2. The Morgan fingerprint density at radius 2 is 2.05 bits per heavy atom. The van der Waals surface area contributed by atoms with Gasteiger partial charge in [-0.2, -0.15) is 5.26 Å². The van der Waals surface area contributed by atoms with Crippen LogP contribution >= 0.6 is 0 Å². The number of alkyl halides is 5. The van der Waals surface area contributed by atoms with E-state index in [1.807, 2.05) is 0 Å². The summed E-state index contributed by atoms with van der Waals surface area (Å²) in [5.74, 6) is -1.10.